The summed E-state index contributed by atoms with van der Waals surface area (Å²) >= 11 is 0. The molecule has 1 atom stereocenters. The molecule has 0 radical (unpaired) electrons. The van der Waals surface area contributed by atoms with E-state index >= 15 is 0 Å². The van der Waals surface area contributed by atoms with Gasteiger partial charge < -0.3 is 14.2 Å². The number of ether oxygens (including phenoxy) is 3. The zero-order valence-electron chi connectivity index (χ0n) is 51.7. The summed E-state index contributed by atoms with van der Waals surface area (Å²) in [5, 5.41) is 0. The highest BCUT2D eigenvalue weighted by atomic mass is 16.6. The van der Waals surface area contributed by atoms with Crippen molar-refractivity contribution >= 4 is 17.9 Å². The Hall–Kier alpha value is -3.41. The Labute approximate surface area is 484 Å². The Morgan fingerprint density at radius 3 is 0.833 bits per heavy atom. The lowest BCUT2D eigenvalue weighted by molar-refractivity contribution is -0.167. The van der Waals surface area contributed by atoms with E-state index in [-0.39, 0.29) is 31.1 Å². The Kier molecular flexibility index (Phi) is 63.2. The summed E-state index contributed by atoms with van der Waals surface area (Å²) in [5.74, 6) is -0.934. The van der Waals surface area contributed by atoms with Gasteiger partial charge in [0.15, 0.2) is 6.10 Å². The van der Waals surface area contributed by atoms with Crippen molar-refractivity contribution in [2.24, 2.45) is 0 Å². The van der Waals surface area contributed by atoms with Crippen molar-refractivity contribution in [3.63, 3.8) is 0 Å². The molecule has 0 N–H and O–H groups in total. The summed E-state index contributed by atoms with van der Waals surface area (Å²) in [6.07, 6.45) is 87.5. The summed E-state index contributed by atoms with van der Waals surface area (Å²) in [6, 6.07) is 0. The predicted octanol–water partition coefficient (Wildman–Crippen LogP) is 23.1. The first-order valence-corrected chi connectivity index (χ1v) is 33.6. The van der Waals surface area contributed by atoms with Crippen LogP contribution in [0.15, 0.2) is 85.1 Å². The van der Waals surface area contributed by atoms with Crippen LogP contribution in [-0.2, 0) is 28.6 Å². The summed E-state index contributed by atoms with van der Waals surface area (Å²) in [5.41, 5.74) is 0. The van der Waals surface area contributed by atoms with E-state index in [0.717, 1.165) is 109 Å². The van der Waals surface area contributed by atoms with Crippen molar-refractivity contribution in [1.29, 1.82) is 0 Å². The maximum absolute atomic E-state index is 12.9. The van der Waals surface area contributed by atoms with E-state index in [2.05, 4.69) is 106 Å². The van der Waals surface area contributed by atoms with Gasteiger partial charge in [-0.15, -0.1) is 0 Å². The van der Waals surface area contributed by atoms with Crippen LogP contribution < -0.4 is 0 Å². The molecule has 0 aliphatic rings. The van der Waals surface area contributed by atoms with Crippen LogP contribution in [0.2, 0.25) is 0 Å². The quantitative estimate of drug-likeness (QED) is 0.0261. The van der Waals surface area contributed by atoms with Crippen LogP contribution in [0, 0.1) is 0 Å². The Morgan fingerprint density at radius 2 is 0.500 bits per heavy atom. The molecule has 0 spiro atoms. The SMILES string of the molecule is CC/C=C\C/C=C\C/C=C\C/C=C\CCCCC(=O)OCC(COC(=O)CCCCCCCCCCCCCCCCCCCCCCCCCCCC)OC(=O)CCCCCCCC/C=C\C/C=C\C/C=C\CCCCC. The Morgan fingerprint density at radius 1 is 0.269 bits per heavy atom. The molecule has 0 aromatic rings. The van der Waals surface area contributed by atoms with Crippen molar-refractivity contribution in [2.45, 2.75) is 341 Å². The first-order chi connectivity index (χ1) is 38.5. The normalized spacial score (nSPS) is 12.6. The van der Waals surface area contributed by atoms with Gasteiger partial charge in [-0.05, 0) is 96.3 Å². The van der Waals surface area contributed by atoms with Gasteiger partial charge in [0.05, 0.1) is 0 Å². The number of carbonyl (C=O) groups excluding carboxylic acids is 3. The standard InChI is InChI=1S/C72H126O6/c1-4-7-10-13-16-19-22-25-28-30-32-33-34-35-36-37-38-40-41-44-47-50-53-56-59-62-65-71(74)77-68-69(67-76-70(73)64-61-58-55-52-49-46-43-27-24-21-18-15-12-9-6-3)78-72(75)66-63-60-57-54-51-48-45-42-39-31-29-26-23-20-17-14-11-8-5-2/h9,12,17-18,20-21,26-27,29,39,42-43,49,52,69H,4-8,10-11,13-16,19,22-25,28,30-38,40-41,44-48,50-51,53-68H2,1-3H3/b12-9-,20-17-,21-18-,29-26-,42-39-,43-27-,52-49-. The van der Waals surface area contributed by atoms with Crippen molar-refractivity contribution < 1.29 is 28.6 Å². The van der Waals surface area contributed by atoms with Crippen LogP contribution in [-0.4, -0.2) is 37.2 Å². The third-order valence-corrected chi connectivity index (χ3v) is 14.6. The predicted molar refractivity (Wildman–Crippen MR) is 339 cm³/mol. The molecule has 0 rings (SSSR count). The first-order valence-electron chi connectivity index (χ1n) is 33.6. The first kappa shape index (κ1) is 74.6. The van der Waals surface area contributed by atoms with Gasteiger partial charge >= 0.3 is 17.9 Å². The number of unbranched alkanes of at least 4 members (excludes halogenated alkanes) is 36. The smallest absolute Gasteiger partial charge is 0.306 e. The molecule has 0 aliphatic heterocycles. The average Bonchev–Trinajstić information content (AvgIpc) is 3.44. The molecule has 1 unspecified atom stereocenters. The van der Waals surface area contributed by atoms with E-state index in [1.54, 1.807) is 0 Å². The van der Waals surface area contributed by atoms with Crippen LogP contribution >= 0.6 is 0 Å². The lowest BCUT2D eigenvalue weighted by atomic mass is 10.0. The topological polar surface area (TPSA) is 78.9 Å². The fourth-order valence-corrected chi connectivity index (χ4v) is 9.62. The second kappa shape index (κ2) is 66.1. The van der Waals surface area contributed by atoms with E-state index in [1.165, 1.54) is 186 Å². The molecule has 0 bridgehead atoms. The van der Waals surface area contributed by atoms with E-state index in [4.69, 9.17) is 14.2 Å². The van der Waals surface area contributed by atoms with Crippen LogP contribution in [0.4, 0.5) is 0 Å². The molecule has 6 heteroatoms. The fraction of sp³-hybridized carbons (Fsp3) is 0.764. The van der Waals surface area contributed by atoms with Crippen molar-refractivity contribution in [2.75, 3.05) is 13.2 Å². The lowest BCUT2D eigenvalue weighted by Crippen LogP contribution is -2.30. The third-order valence-electron chi connectivity index (χ3n) is 14.6. The zero-order chi connectivity index (χ0) is 56.4. The molecule has 0 saturated carbocycles. The molecule has 0 saturated heterocycles. The van der Waals surface area contributed by atoms with Gasteiger partial charge in [-0.2, -0.15) is 0 Å². The molecular weight excluding hydrogens is 961 g/mol. The van der Waals surface area contributed by atoms with Crippen LogP contribution in [0.3, 0.4) is 0 Å². The number of hydrogen-bond donors (Lipinski definition) is 0. The molecule has 0 heterocycles. The van der Waals surface area contributed by atoms with Crippen molar-refractivity contribution in [3.05, 3.63) is 85.1 Å². The fourth-order valence-electron chi connectivity index (χ4n) is 9.62. The number of rotatable bonds is 61. The van der Waals surface area contributed by atoms with Gasteiger partial charge in [0.25, 0.3) is 0 Å². The van der Waals surface area contributed by atoms with Crippen LogP contribution in [0.5, 0.6) is 0 Å². The van der Waals surface area contributed by atoms with Gasteiger partial charge in [0, 0.05) is 19.3 Å². The van der Waals surface area contributed by atoms with Crippen molar-refractivity contribution in [1.82, 2.24) is 0 Å². The Balaban J connectivity index is 4.33. The molecule has 0 aliphatic carbocycles. The maximum atomic E-state index is 12.9. The van der Waals surface area contributed by atoms with E-state index in [0.29, 0.717) is 19.3 Å². The van der Waals surface area contributed by atoms with Gasteiger partial charge in [-0.3, -0.25) is 14.4 Å². The monoisotopic (exact) mass is 1090 g/mol. The molecular formula is C72H126O6. The summed E-state index contributed by atoms with van der Waals surface area (Å²) in [6.45, 7) is 6.50. The molecule has 450 valence electrons. The molecule has 78 heavy (non-hydrogen) atoms. The zero-order valence-corrected chi connectivity index (χ0v) is 51.7. The highest BCUT2D eigenvalue weighted by Gasteiger charge is 2.19. The van der Waals surface area contributed by atoms with Gasteiger partial charge in [0.1, 0.15) is 13.2 Å². The van der Waals surface area contributed by atoms with Gasteiger partial charge in [0.2, 0.25) is 0 Å². The van der Waals surface area contributed by atoms with E-state index in [1.807, 2.05) is 0 Å². The minimum absolute atomic E-state index is 0.0928. The second-order valence-corrected chi connectivity index (χ2v) is 22.4. The highest BCUT2D eigenvalue weighted by Crippen LogP contribution is 2.17. The molecule has 0 amide bonds. The second-order valence-electron chi connectivity index (χ2n) is 22.4. The Bertz CT molecular complexity index is 1480. The molecule has 0 aromatic carbocycles. The minimum Gasteiger partial charge on any atom is -0.462 e. The number of allylic oxidation sites excluding steroid dienone is 14. The highest BCUT2D eigenvalue weighted by molar-refractivity contribution is 5.71. The third kappa shape index (κ3) is 63.4. The summed E-state index contributed by atoms with van der Waals surface area (Å²) in [4.78, 5) is 38.3. The van der Waals surface area contributed by atoms with E-state index in [9.17, 15) is 14.4 Å². The van der Waals surface area contributed by atoms with Crippen LogP contribution in [0.1, 0.15) is 335 Å². The maximum Gasteiger partial charge on any atom is 0.306 e. The van der Waals surface area contributed by atoms with Crippen molar-refractivity contribution in [3.8, 4) is 0 Å². The van der Waals surface area contributed by atoms with Crippen LogP contribution in [0.25, 0.3) is 0 Å². The number of hydrogen-bond acceptors (Lipinski definition) is 6. The summed E-state index contributed by atoms with van der Waals surface area (Å²) in [7, 11) is 0. The average molecular weight is 1090 g/mol. The lowest BCUT2D eigenvalue weighted by Gasteiger charge is -2.18. The van der Waals surface area contributed by atoms with E-state index < -0.39 is 6.10 Å². The molecule has 6 nitrogen and oxygen atoms in total. The number of carbonyl (C=O) groups is 3. The van der Waals surface area contributed by atoms with Gasteiger partial charge in [-0.1, -0.05) is 305 Å². The van der Waals surface area contributed by atoms with Gasteiger partial charge in [-0.25, -0.2) is 0 Å². The largest absolute Gasteiger partial charge is 0.462 e. The number of esters is 3. The molecule has 0 aromatic heterocycles. The minimum atomic E-state index is -0.801. The molecule has 0 fully saturated rings. The summed E-state index contributed by atoms with van der Waals surface area (Å²) < 4.78 is 16.9.